The van der Waals surface area contributed by atoms with Crippen LogP contribution in [-0.4, -0.2) is 5.91 Å². The molecule has 0 heterocycles. The average Bonchev–Trinajstić information content (AvgIpc) is 2.39. The van der Waals surface area contributed by atoms with E-state index >= 15 is 0 Å². The average molecular weight is 280 g/mol. The van der Waals surface area contributed by atoms with Crippen molar-refractivity contribution in [2.75, 3.05) is 0 Å². The molecule has 0 unspecified atom stereocenters. The maximum Gasteiger partial charge on any atom is 0.248 e. The quantitative estimate of drug-likeness (QED) is 0.935. The number of amides is 1. The van der Waals surface area contributed by atoms with Crippen LogP contribution in [-0.2, 0) is 6.61 Å². The van der Waals surface area contributed by atoms with Crippen LogP contribution >= 0.6 is 11.6 Å². The summed E-state index contributed by atoms with van der Waals surface area (Å²) in [4.78, 5) is 10.9. The van der Waals surface area contributed by atoms with E-state index in [1.807, 2.05) is 0 Å². The van der Waals surface area contributed by atoms with Gasteiger partial charge in [0.05, 0.1) is 5.02 Å². The minimum atomic E-state index is -0.669. The van der Waals surface area contributed by atoms with Gasteiger partial charge in [-0.25, -0.2) is 4.39 Å². The van der Waals surface area contributed by atoms with E-state index in [2.05, 4.69) is 0 Å². The molecular weight excluding hydrogens is 269 g/mol. The predicted molar refractivity (Wildman–Crippen MR) is 70.7 cm³/mol. The normalized spacial score (nSPS) is 10.2. The second kappa shape index (κ2) is 5.71. The van der Waals surface area contributed by atoms with Crippen molar-refractivity contribution in [3.8, 4) is 5.75 Å². The van der Waals surface area contributed by atoms with E-state index in [0.717, 1.165) is 6.07 Å². The molecule has 3 nitrogen and oxygen atoms in total. The van der Waals surface area contributed by atoms with Crippen LogP contribution in [0.15, 0.2) is 42.5 Å². The van der Waals surface area contributed by atoms with E-state index in [1.54, 1.807) is 24.3 Å². The third-order valence-corrected chi connectivity index (χ3v) is 2.87. The second-order valence-corrected chi connectivity index (χ2v) is 4.30. The summed E-state index contributed by atoms with van der Waals surface area (Å²) in [6.07, 6.45) is 0. The van der Waals surface area contributed by atoms with Crippen molar-refractivity contribution in [3.63, 3.8) is 0 Å². The molecule has 0 aromatic heterocycles. The molecule has 0 fully saturated rings. The Kier molecular flexibility index (Phi) is 4.02. The van der Waals surface area contributed by atoms with Crippen LogP contribution in [0.2, 0.25) is 5.02 Å². The van der Waals surface area contributed by atoms with E-state index in [-0.39, 0.29) is 12.2 Å². The molecule has 2 N–H and O–H groups in total. The Morgan fingerprint density at radius 1 is 1.26 bits per heavy atom. The van der Waals surface area contributed by atoms with Crippen LogP contribution in [0.3, 0.4) is 0 Å². The highest BCUT2D eigenvalue weighted by atomic mass is 35.5. The second-order valence-electron chi connectivity index (χ2n) is 3.89. The zero-order valence-corrected chi connectivity index (χ0v) is 10.7. The summed E-state index contributed by atoms with van der Waals surface area (Å²) in [6, 6.07) is 10.9. The molecule has 98 valence electrons. The minimum absolute atomic E-state index is 0.0224. The van der Waals surface area contributed by atoms with Gasteiger partial charge >= 0.3 is 0 Å². The molecule has 0 atom stereocenters. The Morgan fingerprint density at radius 3 is 2.63 bits per heavy atom. The first-order chi connectivity index (χ1) is 9.08. The van der Waals surface area contributed by atoms with Crippen LogP contribution in [0.1, 0.15) is 15.9 Å². The zero-order chi connectivity index (χ0) is 13.8. The first-order valence-corrected chi connectivity index (χ1v) is 5.91. The zero-order valence-electron chi connectivity index (χ0n) is 9.90. The molecule has 0 saturated heterocycles. The van der Waals surface area contributed by atoms with Crippen LogP contribution in [0.25, 0.3) is 0 Å². The first-order valence-electron chi connectivity index (χ1n) is 5.53. The van der Waals surface area contributed by atoms with Gasteiger partial charge in [0.2, 0.25) is 5.91 Å². The number of ether oxygens (including phenoxy) is 1. The van der Waals surface area contributed by atoms with Crippen molar-refractivity contribution in [2.24, 2.45) is 5.73 Å². The standard InChI is InChI=1S/C14H11ClFNO2/c15-11-3-1-2-4-13(11)19-8-10-6-5-9(14(17)18)7-12(10)16/h1-7H,8H2,(H2,17,18). The number of carbonyl (C=O) groups excluding carboxylic acids is 1. The number of halogens is 2. The predicted octanol–water partition coefficient (Wildman–Crippen LogP) is 3.16. The van der Waals surface area contributed by atoms with Crippen molar-refractivity contribution in [1.82, 2.24) is 0 Å². The topological polar surface area (TPSA) is 52.3 Å². The third kappa shape index (κ3) is 3.23. The lowest BCUT2D eigenvalue weighted by molar-refractivity contribution is 0.0999. The van der Waals surface area contributed by atoms with Crippen molar-refractivity contribution < 1.29 is 13.9 Å². The highest BCUT2D eigenvalue weighted by Crippen LogP contribution is 2.24. The number of hydrogen-bond donors (Lipinski definition) is 1. The Hall–Kier alpha value is -2.07. The summed E-state index contributed by atoms with van der Waals surface area (Å²) in [5.41, 5.74) is 5.51. The molecule has 0 bridgehead atoms. The molecule has 2 aromatic rings. The Labute approximate surface area is 114 Å². The highest BCUT2D eigenvalue weighted by Gasteiger charge is 2.08. The monoisotopic (exact) mass is 279 g/mol. The van der Waals surface area contributed by atoms with E-state index in [0.29, 0.717) is 16.3 Å². The van der Waals surface area contributed by atoms with Gasteiger partial charge in [-0.2, -0.15) is 0 Å². The van der Waals surface area contributed by atoms with Crippen molar-refractivity contribution in [3.05, 3.63) is 64.4 Å². The summed E-state index contributed by atoms with van der Waals surface area (Å²) < 4.78 is 19.1. The maximum absolute atomic E-state index is 13.7. The van der Waals surface area contributed by atoms with Crippen molar-refractivity contribution in [2.45, 2.75) is 6.61 Å². The largest absolute Gasteiger partial charge is 0.487 e. The number of benzene rings is 2. The van der Waals surface area contributed by atoms with Gasteiger partial charge in [-0.05, 0) is 24.3 Å². The minimum Gasteiger partial charge on any atom is -0.487 e. The summed E-state index contributed by atoms with van der Waals surface area (Å²) in [5.74, 6) is -0.733. The van der Waals surface area contributed by atoms with Gasteiger partial charge in [-0.1, -0.05) is 29.8 Å². The molecule has 0 spiro atoms. The van der Waals surface area contributed by atoms with Crippen LogP contribution in [0.5, 0.6) is 5.75 Å². The van der Waals surface area contributed by atoms with Crippen LogP contribution in [0.4, 0.5) is 4.39 Å². The molecule has 0 aliphatic heterocycles. The first kappa shape index (κ1) is 13.4. The fraction of sp³-hybridized carbons (Fsp3) is 0.0714. The summed E-state index contributed by atoms with van der Waals surface area (Å²) in [5, 5.41) is 0.455. The smallest absolute Gasteiger partial charge is 0.248 e. The highest BCUT2D eigenvalue weighted by molar-refractivity contribution is 6.32. The van der Waals surface area contributed by atoms with Crippen LogP contribution < -0.4 is 10.5 Å². The Bertz CT molecular complexity index is 616. The fourth-order valence-electron chi connectivity index (χ4n) is 1.53. The number of para-hydroxylation sites is 1. The number of nitrogens with two attached hydrogens (primary N) is 1. The molecule has 0 radical (unpaired) electrons. The molecule has 0 aliphatic carbocycles. The number of hydrogen-bond acceptors (Lipinski definition) is 2. The fourth-order valence-corrected chi connectivity index (χ4v) is 1.73. The van der Waals surface area contributed by atoms with Crippen LogP contribution in [0, 0.1) is 5.82 Å². The summed E-state index contributed by atoms with van der Waals surface area (Å²) in [7, 11) is 0. The lowest BCUT2D eigenvalue weighted by Gasteiger charge is -2.09. The summed E-state index contributed by atoms with van der Waals surface area (Å²) >= 11 is 5.92. The van der Waals surface area contributed by atoms with Gasteiger partial charge in [0.25, 0.3) is 0 Å². The van der Waals surface area contributed by atoms with Crippen molar-refractivity contribution >= 4 is 17.5 Å². The van der Waals surface area contributed by atoms with Gasteiger partial charge in [0.1, 0.15) is 18.2 Å². The molecule has 19 heavy (non-hydrogen) atoms. The molecule has 0 saturated carbocycles. The van der Waals surface area contributed by atoms with Gasteiger partial charge in [-0.3, -0.25) is 4.79 Å². The lowest BCUT2D eigenvalue weighted by Crippen LogP contribution is -2.11. The van der Waals surface area contributed by atoms with E-state index in [4.69, 9.17) is 22.1 Å². The molecule has 0 aliphatic rings. The van der Waals surface area contributed by atoms with Gasteiger partial charge < -0.3 is 10.5 Å². The van der Waals surface area contributed by atoms with E-state index < -0.39 is 11.7 Å². The maximum atomic E-state index is 13.7. The number of primary amides is 1. The molecule has 5 heteroatoms. The molecule has 2 rings (SSSR count). The van der Waals surface area contributed by atoms with Gasteiger partial charge in [-0.15, -0.1) is 0 Å². The van der Waals surface area contributed by atoms with Crippen molar-refractivity contribution in [1.29, 1.82) is 0 Å². The van der Waals surface area contributed by atoms with Gasteiger partial charge in [0, 0.05) is 11.1 Å². The molecule has 1 amide bonds. The Balaban J connectivity index is 2.12. The molecule has 2 aromatic carbocycles. The lowest BCUT2D eigenvalue weighted by atomic mass is 10.1. The summed E-state index contributed by atoms with van der Waals surface area (Å²) in [6.45, 7) is 0.0224. The SMILES string of the molecule is NC(=O)c1ccc(COc2ccccc2Cl)c(F)c1. The third-order valence-electron chi connectivity index (χ3n) is 2.56. The van der Waals surface area contributed by atoms with E-state index in [9.17, 15) is 9.18 Å². The number of rotatable bonds is 4. The molecular formula is C14H11ClFNO2. The number of carbonyl (C=O) groups is 1. The van der Waals surface area contributed by atoms with E-state index in [1.165, 1.54) is 12.1 Å². The van der Waals surface area contributed by atoms with Gasteiger partial charge in [0.15, 0.2) is 0 Å². The Morgan fingerprint density at radius 2 is 2.00 bits per heavy atom.